The molecule has 1 fully saturated rings. The molecule has 0 bridgehead atoms. The van der Waals surface area contributed by atoms with Gasteiger partial charge in [-0.2, -0.15) is 31.4 Å². The van der Waals surface area contributed by atoms with Crippen molar-refractivity contribution in [2.24, 2.45) is 5.16 Å². The molecule has 1 saturated heterocycles. The van der Waals surface area contributed by atoms with Gasteiger partial charge >= 0.3 is 12.4 Å². The van der Waals surface area contributed by atoms with E-state index in [1.54, 1.807) is 0 Å². The van der Waals surface area contributed by atoms with Gasteiger partial charge in [0.1, 0.15) is 18.0 Å². The Morgan fingerprint density at radius 3 is 2.42 bits per heavy atom. The van der Waals surface area contributed by atoms with Gasteiger partial charge in [0.05, 0.1) is 10.7 Å². The summed E-state index contributed by atoms with van der Waals surface area (Å²) in [6.45, 7) is -0.444. The number of hydrogen-bond donors (Lipinski definition) is 0. The zero-order valence-electron chi connectivity index (χ0n) is 19.7. The lowest BCUT2D eigenvalue weighted by Crippen LogP contribution is -2.40. The molecule has 2 aliphatic heterocycles. The van der Waals surface area contributed by atoms with E-state index in [4.69, 9.17) is 9.82 Å². The Balaban J connectivity index is 1.18. The fourth-order valence-electron chi connectivity index (χ4n) is 4.49. The predicted octanol–water partition coefficient (Wildman–Crippen LogP) is 5.65. The number of halogens is 6. The molecule has 1 atom stereocenters. The summed E-state index contributed by atoms with van der Waals surface area (Å²) < 4.78 is 78.5. The molecule has 0 saturated carbocycles. The highest BCUT2D eigenvalue weighted by Crippen LogP contribution is 2.36. The van der Waals surface area contributed by atoms with E-state index in [1.165, 1.54) is 16.2 Å². The maximum Gasteiger partial charge on any atom is 0.435 e. The van der Waals surface area contributed by atoms with E-state index in [0.29, 0.717) is 19.3 Å². The van der Waals surface area contributed by atoms with Crippen LogP contribution >= 0.6 is 11.3 Å². The van der Waals surface area contributed by atoms with Crippen molar-refractivity contribution in [2.45, 2.75) is 50.2 Å². The second kappa shape index (κ2) is 10.0. The lowest BCUT2D eigenvalue weighted by Gasteiger charge is -2.31. The van der Waals surface area contributed by atoms with Crippen molar-refractivity contribution in [1.82, 2.24) is 19.7 Å². The Kier molecular flexibility index (Phi) is 6.92. The van der Waals surface area contributed by atoms with Crippen molar-refractivity contribution >= 4 is 23.0 Å². The number of amides is 1. The first-order chi connectivity index (χ1) is 18.0. The number of benzene rings is 1. The van der Waals surface area contributed by atoms with E-state index in [0.717, 1.165) is 22.0 Å². The molecule has 1 aromatic carbocycles. The minimum Gasteiger partial charge on any atom is -0.387 e. The highest BCUT2D eigenvalue weighted by molar-refractivity contribution is 7.10. The van der Waals surface area contributed by atoms with Crippen molar-refractivity contribution < 1.29 is 36.0 Å². The second-order valence-electron chi connectivity index (χ2n) is 9.04. The highest BCUT2D eigenvalue weighted by atomic mass is 32.1. The number of carbonyl (C=O) groups is 1. The minimum atomic E-state index is -5.08. The SMILES string of the molecule is O=C(Cn1nc(C(F)(F)F)cc1C(F)(F)F)N1CCC(c2nc(C3=NO[C@@H](c4ccccc4)C3)cs2)CC1. The van der Waals surface area contributed by atoms with Crippen LogP contribution in [0.25, 0.3) is 0 Å². The van der Waals surface area contributed by atoms with Crippen LogP contribution in [0.2, 0.25) is 0 Å². The van der Waals surface area contributed by atoms with Gasteiger partial charge < -0.3 is 9.74 Å². The number of piperidine rings is 1. The van der Waals surface area contributed by atoms with Gasteiger partial charge in [-0.05, 0) is 18.4 Å². The molecule has 0 spiro atoms. The minimum absolute atomic E-state index is 0.0397. The Hall–Kier alpha value is -3.42. The van der Waals surface area contributed by atoms with E-state index in [1.807, 2.05) is 35.7 Å². The summed E-state index contributed by atoms with van der Waals surface area (Å²) in [6, 6.07) is 9.64. The number of aromatic nitrogens is 3. The molecule has 14 heteroatoms. The molecule has 5 rings (SSSR count). The van der Waals surface area contributed by atoms with Crippen LogP contribution < -0.4 is 0 Å². The molecule has 1 amide bonds. The summed E-state index contributed by atoms with van der Waals surface area (Å²) >= 11 is 1.47. The number of nitrogens with zero attached hydrogens (tertiary/aromatic N) is 5. The maximum absolute atomic E-state index is 13.2. The zero-order valence-corrected chi connectivity index (χ0v) is 20.5. The molecule has 0 aliphatic carbocycles. The zero-order chi connectivity index (χ0) is 27.1. The molecule has 0 unspecified atom stereocenters. The first-order valence-electron chi connectivity index (χ1n) is 11.7. The van der Waals surface area contributed by atoms with Crippen LogP contribution in [-0.4, -0.2) is 44.4 Å². The Labute approximate surface area is 216 Å². The summed E-state index contributed by atoms with van der Waals surface area (Å²) in [6.07, 6.45) is -8.69. The van der Waals surface area contributed by atoms with Crippen molar-refractivity contribution in [3.8, 4) is 0 Å². The van der Waals surface area contributed by atoms with Crippen LogP contribution in [0.3, 0.4) is 0 Å². The van der Waals surface area contributed by atoms with Crippen LogP contribution in [0.4, 0.5) is 26.3 Å². The third kappa shape index (κ3) is 5.54. The molecule has 0 radical (unpaired) electrons. The number of rotatable bonds is 5. The molecule has 202 valence electrons. The van der Waals surface area contributed by atoms with E-state index in [-0.39, 0.29) is 35.9 Å². The van der Waals surface area contributed by atoms with Gasteiger partial charge in [0.2, 0.25) is 5.91 Å². The quantitative estimate of drug-likeness (QED) is 0.380. The summed E-state index contributed by atoms with van der Waals surface area (Å²) in [5, 5.41) is 9.95. The fraction of sp³-hybridized carbons (Fsp3) is 0.417. The Bertz CT molecular complexity index is 1330. The highest BCUT2D eigenvalue weighted by Gasteiger charge is 2.42. The van der Waals surface area contributed by atoms with Crippen LogP contribution in [-0.2, 0) is 28.5 Å². The third-order valence-corrected chi connectivity index (χ3v) is 7.51. The summed E-state index contributed by atoms with van der Waals surface area (Å²) in [5.41, 5.74) is -0.821. The lowest BCUT2D eigenvalue weighted by molar-refractivity contribution is -0.146. The van der Waals surface area contributed by atoms with Crippen molar-refractivity contribution in [2.75, 3.05) is 13.1 Å². The second-order valence-corrected chi connectivity index (χ2v) is 9.93. The summed E-state index contributed by atoms with van der Waals surface area (Å²) in [5.74, 6) is -0.687. The van der Waals surface area contributed by atoms with Crippen LogP contribution in [0.5, 0.6) is 0 Å². The molecule has 0 N–H and O–H groups in total. The number of carbonyl (C=O) groups excluding carboxylic acids is 1. The first kappa shape index (κ1) is 26.2. The van der Waals surface area contributed by atoms with Gasteiger partial charge in [-0.1, -0.05) is 35.5 Å². The van der Waals surface area contributed by atoms with Crippen LogP contribution in [0.1, 0.15) is 58.9 Å². The third-order valence-electron chi connectivity index (χ3n) is 6.50. The maximum atomic E-state index is 13.2. The van der Waals surface area contributed by atoms with E-state index < -0.39 is 36.2 Å². The van der Waals surface area contributed by atoms with Crippen molar-refractivity contribution in [3.05, 3.63) is 69.4 Å². The Morgan fingerprint density at radius 1 is 1.05 bits per heavy atom. The van der Waals surface area contributed by atoms with Crippen molar-refractivity contribution in [3.63, 3.8) is 0 Å². The molecule has 3 aromatic rings. The van der Waals surface area contributed by atoms with Crippen LogP contribution in [0.15, 0.2) is 46.9 Å². The molecule has 4 heterocycles. The average molecular weight is 558 g/mol. The largest absolute Gasteiger partial charge is 0.435 e. The van der Waals surface area contributed by atoms with Gasteiger partial charge in [-0.3, -0.25) is 9.48 Å². The molecule has 2 aromatic heterocycles. The van der Waals surface area contributed by atoms with E-state index in [9.17, 15) is 31.1 Å². The topological polar surface area (TPSA) is 72.6 Å². The monoisotopic (exact) mass is 557 g/mol. The van der Waals surface area contributed by atoms with Gasteiger partial charge in [-0.25, -0.2) is 4.98 Å². The molecule has 2 aliphatic rings. The first-order valence-corrected chi connectivity index (χ1v) is 12.6. The van der Waals surface area contributed by atoms with Gasteiger partial charge in [-0.15, -0.1) is 11.3 Å². The number of alkyl halides is 6. The summed E-state index contributed by atoms with van der Waals surface area (Å²) in [4.78, 5) is 24.3. The predicted molar refractivity (Wildman–Crippen MR) is 124 cm³/mol. The molecule has 7 nitrogen and oxygen atoms in total. The molecular weight excluding hydrogens is 536 g/mol. The standard InChI is InChI=1S/C24H21F6N5O2S/c25-23(26,27)19-11-20(24(28,29)30)35(32-19)12-21(36)34-8-6-15(7-9-34)22-31-17(13-38-22)16-10-18(37-33-16)14-4-2-1-3-5-14/h1-5,11,13,15,18H,6-10,12H2/t18-/m1/s1. The van der Waals surface area contributed by atoms with Gasteiger partial charge in [0.25, 0.3) is 0 Å². The lowest BCUT2D eigenvalue weighted by atomic mass is 9.97. The van der Waals surface area contributed by atoms with Gasteiger partial charge in [0.15, 0.2) is 11.8 Å². The average Bonchev–Trinajstić information content (AvgIpc) is 3.63. The fourth-order valence-corrected chi connectivity index (χ4v) is 5.49. The normalized spacial score (nSPS) is 18.9. The van der Waals surface area contributed by atoms with E-state index in [2.05, 4.69) is 10.3 Å². The van der Waals surface area contributed by atoms with E-state index >= 15 is 0 Å². The number of oxime groups is 1. The number of thiazole rings is 1. The van der Waals surface area contributed by atoms with Crippen LogP contribution in [0, 0.1) is 0 Å². The number of likely N-dealkylation sites (tertiary alicyclic amines) is 1. The Morgan fingerprint density at radius 2 is 1.76 bits per heavy atom. The molecule has 38 heavy (non-hydrogen) atoms. The molecular formula is C24H21F6N5O2S. The number of hydrogen-bond acceptors (Lipinski definition) is 6. The van der Waals surface area contributed by atoms with Crippen molar-refractivity contribution in [1.29, 1.82) is 0 Å². The smallest absolute Gasteiger partial charge is 0.387 e. The summed E-state index contributed by atoms with van der Waals surface area (Å²) in [7, 11) is 0. The van der Waals surface area contributed by atoms with Gasteiger partial charge in [0, 0.05) is 36.9 Å².